The summed E-state index contributed by atoms with van der Waals surface area (Å²) in [7, 11) is -3.50. The summed E-state index contributed by atoms with van der Waals surface area (Å²) in [5.74, 6) is -0.578. The largest absolute Gasteiger partial charge is 0.375 e. The van der Waals surface area contributed by atoms with Crippen molar-refractivity contribution in [2.45, 2.75) is 30.7 Å². The van der Waals surface area contributed by atoms with Crippen molar-refractivity contribution < 1.29 is 17.7 Å². The highest BCUT2D eigenvalue weighted by Crippen LogP contribution is 2.26. The highest BCUT2D eigenvalue weighted by atomic mass is 32.2. The molecule has 1 heterocycles. The van der Waals surface area contributed by atoms with Crippen molar-refractivity contribution in [3.05, 3.63) is 64.0 Å². The van der Waals surface area contributed by atoms with E-state index in [4.69, 9.17) is 0 Å². The molecule has 0 bridgehead atoms. The van der Waals surface area contributed by atoms with E-state index >= 15 is 0 Å². The molecule has 1 fully saturated rings. The molecule has 0 amide bonds. The first-order chi connectivity index (χ1) is 12.9. The van der Waals surface area contributed by atoms with Gasteiger partial charge in [-0.1, -0.05) is 18.6 Å². The Morgan fingerprint density at radius 2 is 1.74 bits per heavy atom. The highest BCUT2D eigenvalue weighted by molar-refractivity contribution is 7.89. The maximum Gasteiger partial charge on any atom is 0.292 e. The Labute approximate surface area is 157 Å². The zero-order chi connectivity index (χ0) is 19.4. The Kier molecular flexibility index (Phi) is 5.71. The topological polar surface area (TPSA) is 92.5 Å². The fourth-order valence-corrected chi connectivity index (χ4v) is 4.56. The summed E-state index contributed by atoms with van der Waals surface area (Å²) in [6.07, 6.45) is 2.78. The van der Waals surface area contributed by atoms with Gasteiger partial charge in [0.1, 0.15) is 11.5 Å². The third kappa shape index (κ3) is 4.42. The van der Waals surface area contributed by atoms with Crippen molar-refractivity contribution in [3.63, 3.8) is 0 Å². The first kappa shape index (κ1) is 19.2. The molecule has 1 N–H and O–H groups in total. The molecule has 7 nitrogen and oxygen atoms in total. The second-order valence-corrected chi connectivity index (χ2v) is 8.32. The summed E-state index contributed by atoms with van der Waals surface area (Å²) in [6.45, 7) is 1.28. The molecule has 2 aromatic rings. The van der Waals surface area contributed by atoms with Crippen LogP contribution in [0, 0.1) is 15.9 Å². The maximum atomic E-state index is 13.4. The molecule has 0 atom stereocenters. The molecule has 1 aliphatic heterocycles. The van der Waals surface area contributed by atoms with Crippen molar-refractivity contribution in [1.82, 2.24) is 4.31 Å². The van der Waals surface area contributed by atoms with Crippen LogP contribution in [0.25, 0.3) is 0 Å². The molecular formula is C18H20FN3O4S. The Morgan fingerprint density at radius 1 is 1.07 bits per heavy atom. The molecule has 0 aromatic heterocycles. The van der Waals surface area contributed by atoms with E-state index in [2.05, 4.69) is 5.32 Å². The maximum absolute atomic E-state index is 13.4. The normalized spacial score (nSPS) is 15.4. The fourth-order valence-electron chi connectivity index (χ4n) is 3.04. The molecule has 0 saturated carbocycles. The summed E-state index contributed by atoms with van der Waals surface area (Å²) < 4.78 is 40.1. The van der Waals surface area contributed by atoms with E-state index in [1.807, 2.05) is 0 Å². The Balaban J connectivity index is 1.71. The number of rotatable bonds is 6. The number of nitrogens with one attached hydrogen (secondary N) is 1. The van der Waals surface area contributed by atoms with Gasteiger partial charge in [-0.05, 0) is 36.6 Å². The third-order valence-corrected chi connectivity index (χ3v) is 6.43. The number of piperidine rings is 1. The van der Waals surface area contributed by atoms with Crippen molar-refractivity contribution in [1.29, 1.82) is 0 Å². The third-order valence-electron chi connectivity index (χ3n) is 4.51. The summed E-state index contributed by atoms with van der Waals surface area (Å²) in [6, 6.07) is 9.55. The van der Waals surface area contributed by atoms with Gasteiger partial charge in [-0.25, -0.2) is 12.8 Å². The van der Waals surface area contributed by atoms with Crippen molar-refractivity contribution >= 4 is 21.4 Å². The van der Waals surface area contributed by atoms with E-state index in [1.54, 1.807) is 12.1 Å². The quantitative estimate of drug-likeness (QED) is 0.599. The first-order valence-corrected chi connectivity index (χ1v) is 10.1. The molecule has 9 heteroatoms. The monoisotopic (exact) mass is 393 g/mol. The molecule has 0 unspecified atom stereocenters. The summed E-state index contributed by atoms with van der Waals surface area (Å²) in [5, 5.41) is 13.9. The van der Waals surface area contributed by atoms with E-state index in [-0.39, 0.29) is 22.8 Å². The average Bonchev–Trinajstić information content (AvgIpc) is 2.67. The lowest BCUT2D eigenvalue weighted by molar-refractivity contribution is -0.384. The lowest BCUT2D eigenvalue weighted by Gasteiger charge is -2.25. The number of anilines is 1. The number of nitrogens with zero attached hydrogens (tertiary/aromatic N) is 2. The number of hydrogen-bond acceptors (Lipinski definition) is 5. The van der Waals surface area contributed by atoms with Gasteiger partial charge in [0, 0.05) is 31.8 Å². The predicted molar refractivity (Wildman–Crippen MR) is 99.4 cm³/mol. The molecule has 27 heavy (non-hydrogen) atoms. The van der Waals surface area contributed by atoms with Crippen LogP contribution in [0.4, 0.5) is 15.8 Å². The van der Waals surface area contributed by atoms with E-state index in [0.717, 1.165) is 43.0 Å². The van der Waals surface area contributed by atoms with Crippen molar-refractivity contribution in [2.24, 2.45) is 0 Å². The zero-order valence-electron chi connectivity index (χ0n) is 14.6. The van der Waals surface area contributed by atoms with E-state index in [1.165, 1.54) is 16.4 Å². The van der Waals surface area contributed by atoms with Crippen molar-refractivity contribution in [2.75, 3.05) is 18.4 Å². The minimum Gasteiger partial charge on any atom is -0.375 e. The lowest BCUT2D eigenvalue weighted by atomic mass is 10.2. The van der Waals surface area contributed by atoms with E-state index < -0.39 is 20.8 Å². The van der Waals surface area contributed by atoms with Crippen LogP contribution < -0.4 is 5.32 Å². The summed E-state index contributed by atoms with van der Waals surface area (Å²) in [5.41, 5.74) is 0.580. The van der Waals surface area contributed by atoms with Gasteiger partial charge in [-0.15, -0.1) is 0 Å². The van der Waals surface area contributed by atoms with Crippen molar-refractivity contribution in [3.8, 4) is 0 Å². The highest BCUT2D eigenvalue weighted by Gasteiger charge is 2.25. The van der Waals surface area contributed by atoms with Gasteiger partial charge in [-0.2, -0.15) is 4.31 Å². The van der Waals surface area contributed by atoms with E-state index in [9.17, 15) is 22.9 Å². The number of sulfonamides is 1. The van der Waals surface area contributed by atoms with Crippen LogP contribution >= 0.6 is 0 Å². The number of nitro benzene ring substituents is 1. The average molecular weight is 393 g/mol. The van der Waals surface area contributed by atoms with Crippen LogP contribution in [-0.4, -0.2) is 30.7 Å². The number of halogens is 1. The molecule has 144 valence electrons. The summed E-state index contributed by atoms with van der Waals surface area (Å²) in [4.78, 5) is 10.7. The molecular weight excluding hydrogens is 373 g/mol. The zero-order valence-corrected chi connectivity index (χ0v) is 15.4. The van der Waals surface area contributed by atoms with Gasteiger partial charge in [0.15, 0.2) is 0 Å². The van der Waals surface area contributed by atoms with E-state index in [0.29, 0.717) is 13.1 Å². The fraction of sp³-hybridized carbons (Fsp3) is 0.333. The van der Waals surface area contributed by atoms with Crippen LogP contribution in [0.15, 0.2) is 47.4 Å². The minimum atomic E-state index is -3.50. The first-order valence-electron chi connectivity index (χ1n) is 8.65. The van der Waals surface area contributed by atoms with Gasteiger partial charge < -0.3 is 5.32 Å². The Morgan fingerprint density at radius 3 is 2.37 bits per heavy atom. The molecule has 2 aromatic carbocycles. The predicted octanol–water partition coefficient (Wildman–Crippen LogP) is 3.52. The number of hydrogen-bond donors (Lipinski definition) is 1. The van der Waals surface area contributed by atoms with Gasteiger partial charge in [0.2, 0.25) is 10.0 Å². The van der Waals surface area contributed by atoms with Crippen LogP contribution in [0.2, 0.25) is 0 Å². The molecule has 0 aliphatic carbocycles. The van der Waals surface area contributed by atoms with Crippen LogP contribution in [0.5, 0.6) is 0 Å². The van der Waals surface area contributed by atoms with Crippen LogP contribution in [0.3, 0.4) is 0 Å². The Bertz CT molecular complexity index is 926. The lowest BCUT2D eigenvalue weighted by Crippen LogP contribution is -2.35. The SMILES string of the molecule is O=[N+]([O-])c1ccc(F)cc1NCc1ccc(S(=O)(=O)N2CCCCC2)cc1. The second kappa shape index (κ2) is 8.01. The molecule has 0 spiro atoms. The van der Waals surface area contributed by atoms with Gasteiger partial charge in [0.05, 0.1) is 9.82 Å². The summed E-state index contributed by atoms with van der Waals surface area (Å²) >= 11 is 0. The smallest absolute Gasteiger partial charge is 0.292 e. The number of benzene rings is 2. The van der Waals surface area contributed by atoms with Gasteiger partial charge in [-0.3, -0.25) is 10.1 Å². The Hall–Kier alpha value is -2.52. The molecule has 1 saturated heterocycles. The van der Waals surface area contributed by atoms with Crippen LogP contribution in [-0.2, 0) is 16.6 Å². The molecule has 1 aliphatic rings. The standard InChI is InChI=1S/C18H20FN3O4S/c19-15-6-9-18(22(23)24)17(12-15)20-13-14-4-7-16(8-5-14)27(25,26)21-10-2-1-3-11-21/h4-9,12,20H,1-3,10-11,13H2. The van der Waals surface area contributed by atoms with Gasteiger partial charge in [0.25, 0.3) is 5.69 Å². The molecule has 3 rings (SSSR count). The minimum absolute atomic E-state index is 0.0741. The molecule has 0 radical (unpaired) electrons. The second-order valence-electron chi connectivity index (χ2n) is 6.38. The number of nitro groups is 1. The van der Waals surface area contributed by atoms with Crippen LogP contribution in [0.1, 0.15) is 24.8 Å². The van der Waals surface area contributed by atoms with Gasteiger partial charge >= 0.3 is 0 Å².